The molecule has 51 heavy (non-hydrogen) atoms. The number of nitrogens with one attached hydrogen (secondary N) is 1. The maximum atomic E-state index is 14.6. The normalized spacial score (nSPS) is 40.0. The van der Waals surface area contributed by atoms with E-state index in [1.54, 1.807) is 0 Å². The molecule has 1 unspecified atom stereocenters. The Labute approximate surface area is 312 Å². The van der Waals surface area contributed by atoms with Crippen molar-refractivity contribution in [3.05, 3.63) is 12.2 Å². The molecule has 6 heteroatoms. The number of carbonyl (C=O) groups is 2. The zero-order chi connectivity index (χ0) is 37.5. The van der Waals surface area contributed by atoms with Crippen molar-refractivity contribution in [2.24, 2.45) is 56.7 Å². The maximum Gasteiger partial charge on any atom is 0.303 e. The van der Waals surface area contributed by atoms with Crippen molar-refractivity contribution >= 4 is 11.9 Å². The Bertz CT molecular complexity index is 1250. The standard InChI is InChI=1S/C45H77NO5/c1-31(30-51-40(2,3)4)32-21-26-45(39(50)46-29-17-15-13-11-10-12-14-16-18-37(48)49)28-27-43(8)33(38(32)45)19-20-35-42(7)24-23-36(47)41(5,6)34(42)22-25-44(35,43)9/h32-36,38,47H,1,10-30H2,2-9H3,(H,46,50)(H,48,49)/t32-,33+,34-,35?,36-,38+,42-,43+,44+,45-/m0/s1. The van der Waals surface area contributed by atoms with Gasteiger partial charge in [0.05, 0.1) is 23.7 Å². The van der Waals surface area contributed by atoms with Crippen molar-refractivity contribution < 1.29 is 24.5 Å². The number of rotatable bonds is 15. The summed E-state index contributed by atoms with van der Waals surface area (Å²) in [6.07, 6.45) is 19.7. The van der Waals surface area contributed by atoms with Gasteiger partial charge in [0.15, 0.2) is 0 Å². The summed E-state index contributed by atoms with van der Waals surface area (Å²) in [5, 5.41) is 23.5. The number of ether oxygens (including phenoxy) is 1. The average molecular weight is 712 g/mol. The van der Waals surface area contributed by atoms with Crippen LogP contribution in [0.5, 0.6) is 0 Å². The topological polar surface area (TPSA) is 95.9 Å². The molecule has 5 aliphatic rings. The predicted octanol–water partition coefficient (Wildman–Crippen LogP) is 10.5. The molecule has 0 spiro atoms. The molecule has 3 N–H and O–H groups in total. The van der Waals surface area contributed by atoms with E-state index in [1.165, 1.54) is 50.5 Å². The average Bonchev–Trinajstić information content (AvgIpc) is 3.45. The zero-order valence-electron chi connectivity index (χ0n) is 34.1. The smallest absolute Gasteiger partial charge is 0.303 e. The van der Waals surface area contributed by atoms with Crippen LogP contribution >= 0.6 is 0 Å². The third-order valence-electron chi connectivity index (χ3n) is 16.7. The van der Waals surface area contributed by atoms with E-state index >= 15 is 0 Å². The van der Waals surface area contributed by atoms with Crippen LogP contribution in [0.1, 0.15) is 177 Å². The molecule has 0 aromatic heterocycles. The SMILES string of the molecule is C=C(COC(C)(C)C)[C@@H]1CC[C@]2(C(=O)NCCCCCCCCCCC(=O)O)CC[C@]3(C)[C@H](CCC4[C@@]5(C)CC[C@H](O)C(C)(C)[C@@H]5CC[C@]43C)[C@@H]12. The van der Waals surface area contributed by atoms with Crippen molar-refractivity contribution in [2.45, 2.75) is 189 Å². The summed E-state index contributed by atoms with van der Waals surface area (Å²) in [7, 11) is 0. The first-order valence-corrected chi connectivity index (χ1v) is 21.3. The first-order chi connectivity index (χ1) is 23.8. The summed E-state index contributed by atoms with van der Waals surface area (Å²) in [4.78, 5) is 25.3. The summed E-state index contributed by atoms with van der Waals surface area (Å²) < 4.78 is 6.35. The van der Waals surface area contributed by atoms with E-state index in [-0.39, 0.29) is 45.2 Å². The molecule has 5 rings (SSSR count). The van der Waals surface area contributed by atoms with E-state index in [0.717, 1.165) is 77.2 Å². The highest BCUT2D eigenvalue weighted by Gasteiger charge is 2.72. The third kappa shape index (κ3) is 7.63. The Morgan fingerprint density at radius 3 is 2.06 bits per heavy atom. The Morgan fingerprint density at radius 2 is 1.41 bits per heavy atom. The highest BCUT2D eigenvalue weighted by molar-refractivity contribution is 5.84. The van der Waals surface area contributed by atoms with Crippen LogP contribution in [0.4, 0.5) is 0 Å². The Balaban J connectivity index is 1.30. The second-order valence-corrected chi connectivity index (χ2v) is 20.7. The van der Waals surface area contributed by atoms with Crippen LogP contribution < -0.4 is 5.32 Å². The number of carboxylic acid groups (broad SMARTS) is 1. The number of aliphatic hydroxyl groups is 1. The van der Waals surface area contributed by atoms with Crippen molar-refractivity contribution in [2.75, 3.05) is 13.2 Å². The lowest BCUT2D eigenvalue weighted by Gasteiger charge is -2.72. The maximum absolute atomic E-state index is 14.6. The number of hydrogen-bond acceptors (Lipinski definition) is 4. The van der Waals surface area contributed by atoms with Crippen LogP contribution in [0.15, 0.2) is 12.2 Å². The van der Waals surface area contributed by atoms with Gasteiger partial charge in [0.2, 0.25) is 5.91 Å². The molecule has 0 heterocycles. The van der Waals surface area contributed by atoms with Crippen molar-refractivity contribution in [3.63, 3.8) is 0 Å². The minimum Gasteiger partial charge on any atom is -0.481 e. The van der Waals surface area contributed by atoms with Crippen molar-refractivity contribution in [3.8, 4) is 0 Å². The molecule has 5 aliphatic carbocycles. The summed E-state index contributed by atoms with van der Waals surface area (Å²) >= 11 is 0. The molecule has 0 radical (unpaired) electrons. The quantitative estimate of drug-likeness (QED) is 0.116. The number of aliphatic carboxylic acids is 1. The molecule has 1 amide bonds. The molecule has 5 saturated carbocycles. The van der Waals surface area contributed by atoms with E-state index in [9.17, 15) is 14.7 Å². The Morgan fingerprint density at radius 1 is 0.765 bits per heavy atom. The van der Waals surface area contributed by atoms with E-state index in [2.05, 4.69) is 60.7 Å². The number of aliphatic hydroxyl groups excluding tert-OH is 1. The largest absolute Gasteiger partial charge is 0.481 e. The van der Waals surface area contributed by atoms with E-state index in [4.69, 9.17) is 16.4 Å². The number of fused-ring (bicyclic) bond motifs is 7. The number of amides is 1. The monoisotopic (exact) mass is 712 g/mol. The van der Waals surface area contributed by atoms with Gasteiger partial charge in [-0.3, -0.25) is 9.59 Å². The van der Waals surface area contributed by atoms with Crippen molar-refractivity contribution in [1.82, 2.24) is 5.32 Å². The second-order valence-electron chi connectivity index (χ2n) is 20.7. The minimum atomic E-state index is -0.693. The molecule has 0 aromatic carbocycles. The van der Waals surface area contributed by atoms with Gasteiger partial charge in [-0.1, -0.05) is 79.7 Å². The van der Waals surface area contributed by atoms with E-state index < -0.39 is 5.97 Å². The predicted molar refractivity (Wildman–Crippen MR) is 207 cm³/mol. The fraction of sp³-hybridized carbons (Fsp3) is 0.911. The number of unbranched alkanes of at least 4 members (excludes halogenated alkanes) is 7. The molecular weight excluding hydrogens is 634 g/mol. The zero-order valence-corrected chi connectivity index (χ0v) is 34.1. The lowest BCUT2D eigenvalue weighted by molar-refractivity contribution is -0.246. The molecular formula is C45H77NO5. The molecule has 6 nitrogen and oxygen atoms in total. The third-order valence-corrected chi connectivity index (χ3v) is 16.7. The van der Waals surface area contributed by atoms with Gasteiger partial charge in [0.25, 0.3) is 0 Å². The first kappa shape index (κ1) is 40.8. The lowest BCUT2D eigenvalue weighted by atomic mass is 9.32. The van der Waals surface area contributed by atoms with Gasteiger partial charge < -0.3 is 20.3 Å². The Hall–Kier alpha value is -1.40. The van der Waals surface area contributed by atoms with Gasteiger partial charge in [-0.25, -0.2) is 0 Å². The van der Waals surface area contributed by atoms with Gasteiger partial charge in [0.1, 0.15) is 0 Å². The molecule has 0 aliphatic heterocycles. The summed E-state index contributed by atoms with van der Waals surface area (Å²) in [5.41, 5.74) is 1.23. The molecule has 0 bridgehead atoms. The van der Waals surface area contributed by atoms with Gasteiger partial charge >= 0.3 is 5.97 Å². The van der Waals surface area contributed by atoms with Crippen LogP contribution in [-0.4, -0.2) is 46.9 Å². The van der Waals surface area contributed by atoms with Crippen LogP contribution in [-0.2, 0) is 14.3 Å². The van der Waals surface area contributed by atoms with E-state index in [1.807, 2.05) is 0 Å². The lowest BCUT2D eigenvalue weighted by Crippen LogP contribution is -2.67. The van der Waals surface area contributed by atoms with Gasteiger partial charge in [-0.05, 0) is 155 Å². The number of carboxylic acids is 1. The van der Waals surface area contributed by atoms with Gasteiger partial charge in [-0.15, -0.1) is 0 Å². The summed E-state index contributed by atoms with van der Waals surface area (Å²) in [6.45, 7) is 25.0. The minimum absolute atomic E-state index is 0.0451. The second kappa shape index (κ2) is 15.4. The van der Waals surface area contributed by atoms with Crippen LogP contribution in [0, 0.1) is 56.7 Å². The Kier molecular flexibility index (Phi) is 12.3. The fourth-order valence-electron chi connectivity index (χ4n) is 13.7. The molecule has 10 atom stereocenters. The van der Waals surface area contributed by atoms with Crippen LogP contribution in [0.25, 0.3) is 0 Å². The van der Waals surface area contributed by atoms with E-state index in [0.29, 0.717) is 42.1 Å². The highest BCUT2D eigenvalue weighted by atomic mass is 16.5. The summed E-state index contributed by atoms with van der Waals surface area (Å²) in [6, 6.07) is 0. The fourth-order valence-corrected chi connectivity index (χ4v) is 13.7. The molecule has 292 valence electrons. The highest BCUT2D eigenvalue weighted by Crippen LogP contribution is 2.77. The van der Waals surface area contributed by atoms with Crippen LogP contribution in [0.2, 0.25) is 0 Å². The first-order valence-electron chi connectivity index (χ1n) is 21.3. The molecule has 5 fully saturated rings. The van der Waals surface area contributed by atoms with Gasteiger partial charge in [-0.2, -0.15) is 0 Å². The number of carbonyl (C=O) groups excluding carboxylic acids is 1. The van der Waals surface area contributed by atoms with Gasteiger partial charge in [0, 0.05) is 13.0 Å². The van der Waals surface area contributed by atoms with Crippen LogP contribution in [0.3, 0.4) is 0 Å². The number of hydrogen-bond donors (Lipinski definition) is 3. The van der Waals surface area contributed by atoms with Crippen molar-refractivity contribution in [1.29, 1.82) is 0 Å². The summed E-state index contributed by atoms with van der Waals surface area (Å²) in [5.74, 6) is 1.94. The molecule has 0 aromatic rings. The molecule has 0 saturated heterocycles.